The largest absolute Gasteiger partial charge is 0.345 e. The highest BCUT2D eigenvalue weighted by Crippen LogP contribution is 1.82. The third kappa shape index (κ3) is 4.73. The van der Waals surface area contributed by atoms with Crippen molar-refractivity contribution in [3.05, 3.63) is 0 Å². The van der Waals surface area contributed by atoms with Crippen molar-refractivity contribution in [1.82, 2.24) is 5.23 Å². The van der Waals surface area contributed by atoms with Crippen molar-refractivity contribution in [2.75, 3.05) is 0 Å². The first-order chi connectivity index (χ1) is 5.07. The summed E-state index contributed by atoms with van der Waals surface area (Å²) in [6.07, 6.45) is 0.470. The van der Waals surface area contributed by atoms with E-state index in [1.165, 1.54) is 14.3 Å². The van der Waals surface area contributed by atoms with Crippen molar-refractivity contribution >= 4 is 18.9 Å². The molecule has 0 heterocycles. The molecule has 0 aromatic heterocycles. The molecule has 4 heteroatoms. The molecule has 0 aliphatic rings. The lowest BCUT2D eigenvalue weighted by molar-refractivity contribution is -0.118. The molecule has 0 aromatic rings. The standard InChI is InChI=1S/C7H13BNO2/c1-4-7(11)8-9-5(2)6(3)10/h5,9H,4H2,1-3H3. The Hall–Kier alpha value is -0.635. The van der Waals surface area contributed by atoms with E-state index in [-0.39, 0.29) is 17.5 Å². The number of hydrogen-bond donors (Lipinski definition) is 1. The van der Waals surface area contributed by atoms with E-state index in [9.17, 15) is 9.59 Å². The fourth-order valence-corrected chi connectivity index (χ4v) is 0.437. The summed E-state index contributed by atoms with van der Waals surface area (Å²) in [6, 6.07) is -0.259. The van der Waals surface area contributed by atoms with Crippen LogP contribution in [-0.4, -0.2) is 24.9 Å². The van der Waals surface area contributed by atoms with Crippen molar-refractivity contribution in [3.63, 3.8) is 0 Å². The molecule has 0 bridgehead atoms. The van der Waals surface area contributed by atoms with Crippen LogP contribution in [0.15, 0.2) is 0 Å². The second kappa shape index (κ2) is 5.07. The monoisotopic (exact) mass is 154 g/mol. The van der Waals surface area contributed by atoms with Gasteiger partial charge in [0, 0.05) is 0 Å². The zero-order chi connectivity index (χ0) is 8.85. The van der Waals surface area contributed by atoms with Crippen LogP contribution in [0.4, 0.5) is 0 Å². The van der Waals surface area contributed by atoms with Crippen molar-refractivity contribution in [1.29, 1.82) is 0 Å². The molecule has 61 valence electrons. The third-order valence-corrected chi connectivity index (χ3v) is 1.45. The van der Waals surface area contributed by atoms with Gasteiger partial charge < -0.3 is 10.0 Å². The van der Waals surface area contributed by atoms with E-state index in [0.717, 1.165) is 0 Å². The third-order valence-electron chi connectivity index (χ3n) is 1.45. The second-order valence-electron chi connectivity index (χ2n) is 2.46. The molecule has 0 amide bonds. The van der Waals surface area contributed by atoms with Gasteiger partial charge in [-0.3, -0.25) is 4.79 Å². The van der Waals surface area contributed by atoms with E-state index in [1.54, 1.807) is 13.8 Å². The predicted octanol–water partition coefficient (Wildman–Crippen LogP) is 0.109. The van der Waals surface area contributed by atoms with Crippen LogP contribution in [0.2, 0.25) is 0 Å². The summed E-state index contributed by atoms with van der Waals surface area (Å²) in [5.41, 5.74) is 0.0121. The summed E-state index contributed by atoms with van der Waals surface area (Å²) < 4.78 is 0. The molecule has 0 saturated heterocycles. The maximum absolute atomic E-state index is 10.7. The van der Waals surface area contributed by atoms with E-state index < -0.39 is 0 Å². The molecule has 0 aromatic carbocycles. The zero-order valence-corrected chi connectivity index (χ0v) is 7.18. The molecule has 1 unspecified atom stereocenters. The Balaban J connectivity index is 3.54. The summed E-state index contributed by atoms with van der Waals surface area (Å²) >= 11 is 0. The van der Waals surface area contributed by atoms with Gasteiger partial charge in [-0.2, -0.15) is 0 Å². The Bertz CT molecular complexity index is 159. The zero-order valence-electron chi connectivity index (χ0n) is 7.18. The molecule has 0 aliphatic heterocycles. The van der Waals surface area contributed by atoms with Crippen LogP contribution in [0.3, 0.4) is 0 Å². The molecule has 0 saturated carbocycles. The molecule has 3 nitrogen and oxygen atoms in total. The van der Waals surface area contributed by atoms with Crippen LogP contribution < -0.4 is 5.23 Å². The van der Waals surface area contributed by atoms with Gasteiger partial charge in [-0.05, 0) is 20.3 Å². The van der Waals surface area contributed by atoms with Crippen LogP contribution in [0, 0.1) is 0 Å². The first kappa shape index (κ1) is 10.4. The molecule has 1 atom stereocenters. The van der Waals surface area contributed by atoms with E-state index in [1.807, 2.05) is 0 Å². The molecule has 11 heavy (non-hydrogen) atoms. The van der Waals surface area contributed by atoms with E-state index in [4.69, 9.17) is 0 Å². The number of rotatable bonds is 5. The topological polar surface area (TPSA) is 46.2 Å². The molecule has 1 N–H and O–H groups in total. The lowest BCUT2D eigenvalue weighted by Crippen LogP contribution is -2.38. The lowest BCUT2D eigenvalue weighted by Gasteiger charge is -2.06. The average Bonchev–Trinajstić information content (AvgIpc) is 1.99. The fourth-order valence-electron chi connectivity index (χ4n) is 0.437. The summed E-state index contributed by atoms with van der Waals surface area (Å²) in [5.74, 6) is 0.0325. The maximum Gasteiger partial charge on any atom is 0.295 e. The average molecular weight is 154 g/mol. The van der Waals surface area contributed by atoms with E-state index in [2.05, 4.69) is 5.23 Å². The van der Waals surface area contributed by atoms with Crippen LogP contribution in [0.1, 0.15) is 27.2 Å². The second-order valence-corrected chi connectivity index (χ2v) is 2.46. The van der Waals surface area contributed by atoms with Crippen molar-refractivity contribution in [2.24, 2.45) is 0 Å². The minimum atomic E-state index is -0.259. The van der Waals surface area contributed by atoms with Crippen molar-refractivity contribution < 1.29 is 9.59 Å². The summed E-state index contributed by atoms with van der Waals surface area (Å²) in [7, 11) is 1.35. The number of carbonyl (C=O) groups is 2. The number of hydrogen-bond acceptors (Lipinski definition) is 3. The molecular weight excluding hydrogens is 141 g/mol. The van der Waals surface area contributed by atoms with Gasteiger partial charge in [0.05, 0.1) is 6.04 Å². The maximum atomic E-state index is 10.7. The minimum absolute atomic E-state index is 0.0121. The quantitative estimate of drug-likeness (QED) is 0.571. The molecule has 0 fully saturated rings. The number of ketones is 1. The van der Waals surface area contributed by atoms with E-state index >= 15 is 0 Å². The first-order valence-corrected chi connectivity index (χ1v) is 3.70. The van der Waals surface area contributed by atoms with Crippen LogP contribution in [0.25, 0.3) is 0 Å². The van der Waals surface area contributed by atoms with Gasteiger partial charge in [-0.1, -0.05) is 6.92 Å². The van der Waals surface area contributed by atoms with Crippen molar-refractivity contribution in [3.8, 4) is 0 Å². The van der Waals surface area contributed by atoms with Gasteiger partial charge in [0.25, 0.3) is 7.41 Å². The molecule has 0 rings (SSSR count). The Morgan fingerprint density at radius 3 is 2.45 bits per heavy atom. The predicted molar refractivity (Wildman–Crippen MR) is 44.3 cm³/mol. The Morgan fingerprint density at radius 2 is 2.09 bits per heavy atom. The molecule has 0 aliphatic carbocycles. The Labute approximate surface area is 67.8 Å². The smallest absolute Gasteiger partial charge is 0.295 e. The first-order valence-electron chi connectivity index (χ1n) is 3.70. The highest BCUT2D eigenvalue weighted by atomic mass is 16.1. The number of carbonyl (C=O) groups excluding carboxylic acids is 2. The minimum Gasteiger partial charge on any atom is -0.345 e. The number of Topliss-reactive ketones (excluding diaryl/α,β-unsaturated/α-hetero) is 1. The van der Waals surface area contributed by atoms with Gasteiger partial charge in [0.15, 0.2) is 0 Å². The van der Waals surface area contributed by atoms with Crippen LogP contribution >= 0.6 is 0 Å². The van der Waals surface area contributed by atoms with E-state index in [0.29, 0.717) is 6.42 Å². The van der Waals surface area contributed by atoms with Gasteiger partial charge in [-0.15, -0.1) is 0 Å². The highest BCUT2D eigenvalue weighted by Gasteiger charge is 2.09. The molecule has 1 radical (unpaired) electrons. The fraction of sp³-hybridized carbons (Fsp3) is 0.714. The van der Waals surface area contributed by atoms with Gasteiger partial charge in [-0.25, -0.2) is 0 Å². The van der Waals surface area contributed by atoms with Crippen LogP contribution in [0.5, 0.6) is 0 Å². The SMILES string of the molecule is CCC(=O)[B]NC(C)C(C)=O. The Morgan fingerprint density at radius 1 is 1.55 bits per heavy atom. The summed E-state index contributed by atoms with van der Waals surface area (Å²) in [6.45, 7) is 4.99. The normalized spacial score (nSPS) is 12.3. The summed E-state index contributed by atoms with van der Waals surface area (Å²) in [5, 5.41) is 2.71. The lowest BCUT2D eigenvalue weighted by atomic mass is 9.84. The molecular formula is C7H13BNO2. The van der Waals surface area contributed by atoms with Gasteiger partial charge >= 0.3 is 0 Å². The van der Waals surface area contributed by atoms with Gasteiger partial charge in [0.2, 0.25) is 0 Å². The molecule has 0 spiro atoms. The summed E-state index contributed by atoms with van der Waals surface area (Å²) in [4.78, 5) is 21.4. The number of nitrogens with one attached hydrogen (secondary N) is 1. The van der Waals surface area contributed by atoms with Gasteiger partial charge in [0.1, 0.15) is 11.5 Å². The van der Waals surface area contributed by atoms with Crippen LogP contribution in [-0.2, 0) is 9.59 Å². The van der Waals surface area contributed by atoms with Crippen molar-refractivity contribution in [2.45, 2.75) is 33.2 Å². The Kier molecular flexibility index (Phi) is 4.78. The highest BCUT2D eigenvalue weighted by molar-refractivity contribution is 6.72.